The molecule has 1 aromatic heterocycles. The lowest BCUT2D eigenvalue weighted by Crippen LogP contribution is -2.24. The molecular formula is C18H31N3. The fourth-order valence-electron chi connectivity index (χ4n) is 2.67. The van der Waals surface area contributed by atoms with Crippen molar-refractivity contribution in [1.82, 2.24) is 10.3 Å². The fraction of sp³-hybridized carbons (Fsp3) is 0.722. The molecule has 0 aliphatic carbocycles. The van der Waals surface area contributed by atoms with Crippen molar-refractivity contribution >= 4 is 5.82 Å². The van der Waals surface area contributed by atoms with Crippen LogP contribution in [-0.4, -0.2) is 24.6 Å². The van der Waals surface area contributed by atoms with E-state index < -0.39 is 0 Å². The first-order valence-electron chi connectivity index (χ1n) is 8.33. The Morgan fingerprint density at radius 3 is 2.43 bits per heavy atom. The van der Waals surface area contributed by atoms with E-state index in [0.29, 0.717) is 5.92 Å². The van der Waals surface area contributed by atoms with Gasteiger partial charge in [-0.25, -0.2) is 4.98 Å². The minimum atomic E-state index is 0.0997. The van der Waals surface area contributed by atoms with Crippen LogP contribution in [0.25, 0.3) is 0 Å². The quantitative estimate of drug-likeness (QED) is 0.895. The van der Waals surface area contributed by atoms with Crippen molar-refractivity contribution in [3.05, 3.63) is 23.4 Å². The van der Waals surface area contributed by atoms with Gasteiger partial charge in [-0.15, -0.1) is 0 Å². The number of pyridine rings is 1. The summed E-state index contributed by atoms with van der Waals surface area (Å²) in [4.78, 5) is 7.36. The first-order valence-corrected chi connectivity index (χ1v) is 8.33. The maximum absolute atomic E-state index is 4.93. The van der Waals surface area contributed by atoms with Crippen molar-refractivity contribution in [3.63, 3.8) is 0 Å². The Bertz CT molecular complexity index is 454. The summed E-state index contributed by atoms with van der Waals surface area (Å²) in [5.74, 6) is 1.85. The number of hydrogen-bond acceptors (Lipinski definition) is 3. The van der Waals surface area contributed by atoms with Gasteiger partial charge in [0, 0.05) is 30.7 Å². The number of anilines is 1. The maximum Gasteiger partial charge on any atom is 0.129 e. The Hall–Kier alpha value is -1.09. The van der Waals surface area contributed by atoms with E-state index in [9.17, 15) is 0 Å². The number of nitrogens with one attached hydrogen (secondary N) is 1. The van der Waals surface area contributed by atoms with Crippen LogP contribution in [0.4, 0.5) is 5.82 Å². The van der Waals surface area contributed by atoms with Crippen LogP contribution in [0.15, 0.2) is 12.1 Å². The molecule has 0 aromatic carbocycles. The summed E-state index contributed by atoms with van der Waals surface area (Å²) in [6.07, 6.45) is 2.59. The molecule has 0 radical (unpaired) electrons. The van der Waals surface area contributed by atoms with Crippen LogP contribution in [0.5, 0.6) is 0 Å². The smallest absolute Gasteiger partial charge is 0.129 e. The predicted octanol–water partition coefficient (Wildman–Crippen LogP) is 3.72. The largest absolute Gasteiger partial charge is 0.357 e. The van der Waals surface area contributed by atoms with Crippen LogP contribution in [0, 0.1) is 5.92 Å². The van der Waals surface area contributed by atoms with Gasteiger partial charge in [0.25, 0.3) is 0 Å². The maximum atomic E-state index is 4.93. The lowest BCUT2D eigenvalue weighted by atomic mass is 9.90. The van der Waals surface area contributed by atoms with Crippen molar-refractivity contribution in [2.24, 2.45) is 5.92 Å². The standard InChI is InChI=1S/C18H31N3/c1-14(2)12-19-13-15-10-16(18(3,4)5)20-17(11-15)21-8-6-7-9-21/h10-11,14,19H,6-9,12-13H2,1-5H3. The average molecular weight is 289 g/mol. The summed E-state index contributed by atoms with van der Waals surface area (Å²) < 4.78 is 0. The van der Waals surface area contributed by atoms with Crippen LogP contribution >= 0.6 is 0 Å². The van der Waals surface area contributed by atoms with E-state index in [-0.39, 0.29) is 5.41 Å². The van der Waals surface area contributed by atoms with Crippen LogP contribution in [0.1, 0.15) is 58.7 Å². The van der Waals surface area contributed by atoms with Gasteiger partial charge >= 0.3 is 0 Å². The molecular weight excluding hydrogens is 258 g/mol. The first kappa shape index (κ1) is 16.3. The Kier molecular flexibility index (Phi) is 5.26. The molecule has 1 aromatic rings. The topological polar surface area (TPSA) is 28.2 Å². The summed E-state index contributed by atoms with van der Waals surface area (Å²) >= 11 is 0. The van der Waals surface area contributed by atoms with E-state index >= 15 is 0 Å². The fourth-order valence-corrected chi connectivity index (χ4v) is 2.67. The molecule has 1 fully saturated rings. The summed E-state index contributed by atoms with van der Waals surface area (Å²) in [6, 6.07) is 4.54. The van der Waals surface area contributed by atoms with Gasteiger partial charge in [0.05, 0.1) is 0 Å². The Morgan fingerprint density at radius 2 is 1.86 bits per heavy atom. The van der Waals surface area contributed by atoms with Crippen molar-refractivity contribution < 1.29 is 0 Å². The monoisotopic (exact) mass is 289 g/mol. The zero-order valence-electron chi connectivity index (χ0n) is 14.4. The molecule has 3 nitrogen and oxygen atoms in total. The van der Waals surface area contributed by atoms with Gasteiger partial charge < -0.3 is 10.2 Å². The van der Waals surface area contributed by atoms with Crippen LogP contribution in [-0.2, 0) is 12.0 Å². The van der Waals surface area contributed by atoms with E-state index in [1.54, 1.807) is 0 Å². The Balaban J connectivity index is 2.20. The number of aromatic nitrogens is 1. The van der Waals surface area contributed by atoms with Crippen molar-refractivity contribution in [2.45, 2.75) is 59.4 Å². The van der Waals surface area contributed by atoms with Crippen LogP contribution in [0.3, 0.4) is 0 Å². The minimum absolute atomic E-state index is 0.0997. The van der Waals surface area contributed by atoms with E-state index in [0.717, 1.165) is 26.2 Å². The molecule has 21 heavy (non-hydrogen) atoms. The highest BCUT2D eigenvalue weighted by Gasteiger charge is 2.20. The van der Waals surface area contributed by atoms with Gasteiger partial charge in [0.1, 0.15) is 5.82 Å². The predicted molar refractivity (Wildman–Crippen MR) is 90.9 cm³/mol. The zero-order chi connectivity index (χ0) is 15.5. The van der Waals surface area contributed by atoms with Crippen molar-refractivity contribution in [3.8, 4) is 0 Å². The van der Waals surface area contributed by atoms with E-state index in [2.05, 4.69) is 57.0 Å². The molecule has 0 spiro atoms. The van der Waals surface area contributed by atoms with Gasteiger partial charge in [0.2, 0.25) is 0 Å². The molecule has 0 atom stereocenters. The van der Waals surface area contributed by atoms with Gasteiger partial charge in [0.15, 0.2) is 0 Å². The molecule has 2 rings (SSSR count). The number of nitrogens with zero attached hydrogens (tertiary/aromatic N) is 2. The molecule has 0 saturated carbocycles. The number of hydrogen-bond donors (Lipinski definition) is 1. The minimum Gasteiger partial charge on any atom is -0.357 e. The highest BCUT2D eigenvalue weighted by Crippen LogP contribution is 2.26. The van der Waals surface area contributed by atoms with Gasteiger partial charge in [-0.2, -0.15) is 0 Å². The average Bonchev–Trinajstić information content (AvgIpc) is 2.90. The van der Waals surface area contributed by atoms with Crippen molar-refractivity contribution in [2.75, 3.05) is 24.5 Å². The number of rotatable bonds is 5. The summed E-state index contributed by atoms with van der Waals surface area (Å²) in [5.41, 5.74) is 2.66. The third-order valence-electron chi connectivity index (χ3n) is 3.95. The Labute approximate surface area is 130 Å². The normalized spacial score (nSPS) is 16.0. The second kappa shape index (κ2) is 6.78. The molecule has 118 valence electrons. The summed E-state index contributed by atoms with van der Waals surface area (Å²) in [5, 5.41) is 3.55. The molecule has 1 aliphatic rings. The van der Waals surface area contributed by atoms with Gasteiger partial charge in [-0.05, 0) is 43.0 Å². The Morgan fingerprint density at radius 1 is 1.19 bits per heavy atom. The highest BCUT2D eigenvalue weighted by molar-refractivity contribution is 5.44. The van der Waals surface area contributed by atoms with E-state index in [1.807, 2.05) is 0 Å². The van der Waals surface area contributed by atoms with Crippen LogP contribution in [0.2, 0.25) is 0 Å². The van der Waals surface area contributed by atoms with Crippen molar-refractivity contribution in [1.29, 1.82) is 0 Å². The highest BCUT2D eigenvalue weighted by atomic mass is 15.2. The molecule has 0 amide bonds. The summed E-state index contributed by atoms with van der Waals surface area (Å²) in [7, 11) is 0. The van der Waals surface area contributed by atoms with Crippen LogP contribution < -0.4 is 10.2 Å². The lowest BCUT2D eigenvalue weighted by Gasteiger charge is -2.24. The van der Waals surface area contributed by atoms with Gasteiger partial charge in [-0.1, -0.05) is 34.6 Å². The molecule has 1 saturated heterocycles. The van der Waals surface area contributed by atoms with Gasteiger partial charge in [-0.3, -0.25) is 0 Å². The molecule has 1 aliphatic heterocycles. The van der Waals surface area contributed by atoms with E-state index in [4.69, 9.17) is 4.98 Å². The third-order valence-corrected chi connectivity index (χ3v) is 3.95. The third kappa shape index (κ3) is 4.70. The molecule has 0 bridgehead atoms. The molecule has 3 heteroatoms. The SMILES string of the molecule is CC(C)CNCc1cc(N2CCCC2)nc(C(C)(C)C)c1. The first-order chi connectivity index (χ1) is 9.86. The summed E-state index contributed by atoms with van der Waals surface area (Å²) in [6.45, 7) is 15.5. The van der Waals surface area contributed by atoms with E-state index in [1.165, 1.54) is 29.9 Å². The molecule has 0 unspecified atom stereocenters. The second-order valence-electron chi connectivity index (χ2n) is 7.69. The zero-order valence-corrected chi connectivity index (χ0v) is 14.4. The molecule has 2 heterocycles. The molecule has 1 N–H and O–H groups in total. The lowest BCUT2D eigenvalue weighted by molar-refractivity contribution is 0.546. The second-order valence-corrected chi connectivity index (χ2v) is 7.69.